The molecule has 0 atom stereocenters. The fraction of sp³-hybridized carbons (Fsp3) is 0.611. The Morgan fingerprint density at radius 1 is 1.22 bits per heavy atom. The molecule has 0 saturated heterocycles. The van der Waals surface area contributed by atoms with Gasteiger partial charge in [0.25, 0.3) is 0 Å². The van der Waals surface area contributed by atoms with E-state index in [0.717, 1.165) is 44.2 Å². The molecule has 1 aliphatic rings. The SMILES string of the molecule is CCc1cccc(CC)c1NC(N)=NCCN(CC)C1CC1.I. The topological polar surface area (TPSA) is 53.6 Å². The van der Waals surface area contributed by atoms with Crippen LogP contribution in [-0.4, -0.2) is 36.5 Å². The molecular formula is C18H31IN4. The van der Waals surface area contributed by atoms with Crippen LogP contribution in [-0.2, 0) is 12.8 Å². The molecule has 3 N–H and O–H groups in total. The first-order chi connectivity index (χ1) is 10.7. The summed E-state index contributed by atoms with van der Waals surface area (Å²) in [6.45, 7) is 9.42. The smallest absolute Gasteiger partial charge is 0.193 e. The summed E-state index contributed by atoms with van der Waals surface area (Å²) in [5.41, 5.74) is 9.83. The summed E-state index contributed by atoms with van der Waals surface area (Å²) in [5, 5.41) is 3.33. The highest BCUT2D eigenvalue weighted by Crippen LogP contribution is 2.26. The van der Waals surface area contributed by atoms with Crippen molar-refractivity contribution < 1.29 is 0 Å². The zero-order valence-electron chi connectivity index (χ0n) is 14.6. The second-order valence-electron chi connectivity index (χ2n) is 5.91. The summed E-state index contributed by atoms with van der Waals surface area (Å²) in [6, 6.07) is 7.22. The number of nitrogens with two attached hydrogens (primary N) is 1. The average Bonchev–Trinajstić information content (AvgIpc) is 3.36. The van der Waals surface area contributed by atoms with Crippen LogP contribution in [0.25, 0.3) is 0 Å². The van der Waals surface area contributed by atoms with E-state index in [-0.39, 0.29) is 24.0 Å². The van der Waals surface area contributed by atoms with Gasteiger partial charge >= 0.3 is 0 Å². The van der Waals surface area contributed by atoms with Crippen molar-refractivity contribution in [2.75, 3.05) is 25.0 Å². The Morgan fingerprint density at radius 3 is 2.30 bits per heavy atom. The van der Waals surface area contributed by atoms with Gasteiger partial charge in [0.1, 0.15) is 0 Å². The second-order valence-corrected chi connectivity index (χ2v) is 5.91. The molecule has 4 nitrogen and oxygen atoms in total. The standard InChI is InChI=1S/C18H30N4.HI/c1-4-14-8-7-9-15(5-2)17(14)21-18(19)20-12-13-22(6-3)16-10-11-16;/h7-9,16H,4-6,10-13H2,1-3H3,(H3,19,20,21);1H. The Bertz CT molecular complexity index is 489. The lowest BCUT2D eigenvalue weighted by Crippen LogP contribution is -2.30. The molecule has 0 amide bonds. The predicted octanol–water partition coefficient (Wildman–Crippen LogP) is 3.64. The first kappa shape index (κ1) is 20.2. The molecule has 130 valence electrons. The zero-order chi connectivity index (χ0) is 15.9. The van der Waals surface area contributed by atoms with Gasteiger partial charge in [-0.25, -0.2) is 0 Å². The van der Waals surface area contributed by atoms with Crippen LogP contribution in [0.1, 0.15) is 44.7 Å². The van der Waals surface area contributed by atoms with Crippen molar-refractivity contribution in [3.05, 3.63) is 29.3 Å². The molecule has 5 heteroatoms. The molecule has 1 aromatic rings. The first-order valence-corrected chi connectivity index (χ1v) is 8.61. The van der Waals surface area contributed by atoms with E-state index in [0.29, 0.717) is 5.96 Å². The van der Waals surface area contributed by atoms with Crippen LogP contribution in [0.4, 0.5) is 5.69 Å². The van der Waals surface area contributed by atoms with Crippen LogP contribution in [0.5, 0.6) is 0 Å². The molecule has 0 aliphatic heterocycles. The Labute approximate surface area is 157 Å². The molecule has 1 fully saturated rings. The quantitative estimate of drug-likeness (QED) is 0.376. The Kier molecular flexibility index (Phi) is 8.91. The van der Waals surface area contributed by atoms with Crippen molar-refractivity contribution in [3.63, 3.8) is 0 Å². The number of hydrogen-bond donors (Lipinski definition) is 2. The third-order valence-corrected chi connectivity index (χ3v) is 4.39. The largest absolute Gasteiger partial charge is 0.370 e. The first-order valence-electron chi connectivity index (χ1n) is 8.61. The van der Waals surface area contributed by atoms with Gasteiger partial charge in [0.15, 0.2) is 5.96 Å². The molecule has 0 bridgehead atoms. The lowest BCUT2D eigenvalue weighted by atomic mass is 10.0. The van der Waals surface area contributed by atoms with Gasteiger partial charge in [-0.3, -0.25) is 9.89 Å². The summed E-state index contributed by atoms with van der Waals surface area (Å²) in [7, 11) is 0. The van der Waals surface area contributed by atoms with Gasteiger partial charge in [-0.1, -0.05) is 39.0 Å². The van der Waals surface area contributed by atoms with E-state index in [4.69, 9.17) is 5.73 Å². The van der Waals surface area contributed by atoms with Gasteiger partial charge in [0.2, 0.25) is 0 Å². The van der Waals surface area contributed by atoms with E-state index in [2.05, 4.69) is 54.2 Å². The fourth-order valence-electron chi connectivity index (χ4n) is 2.91. The number of aryl methyl sites for hydroxylation is 2. The van der Waals surface area contributed by atoms with Crippen molar-refractivity contribution in [3.8, 4) is 0 Å². The predicted molar refractivity (Wildman–Crippen MR) is 111 cm³/mol. The number of halogens is 1. The highest BCUT2D eigenvalue weighted by molar-refractivity contribution is 14.0. The van der Waals surface area contributed by atoms with E-state index in [1.165, 1.54) is 24.0 Å². The van der Waals surface area contributed by atoms with Crippen LogP contribution in [0, 0.1) is 0 Å². The van der Waals surface area contributed by atoms with Gasteiger partial charge < -0.3 is 11.1 Å². The molecule has 1 aromatic carbocycles. The third kappa shape index (κ3) is 5.95. The molecule has 23 heavy (non-hydrogen) atoms. The van der Waals surface area contributed by atoms with Crippen LogP contribution in [0.15, 0.2) is 23.2 Å². The van der Waals surface area contributed by atoms with Crippen molar-refractivity contribution in [1.29, 1.82) is 0 Å². The Morgan fingerprint density at radius 2 is 1.83 bits per heavy atom. The van der Waals surface area contributed by atoms with E-state index in [9.17, 15) is 0 Å². The molecule has 0 aromatic heterocycles. The molecule has 0 heterocycles. The van der Waals surface area contributed by atoms with Crippen molar-refractivity contribution >= 4 is 35.6 Å². The van der Waals surface area contributed by atoms with Gasteiger partial charge in [-0.05, 0) is 43.4 Å². The summed E-state index contributed by atoms with van der Waals surface area (Å²) < 4.78 is 0. The summed E-state index contributed by atoms with van der Waals surface area (Å²) in [6.07, 6.45) is 4.67. The zero-order valence-corrected chi connectivity index (χ0v) is 17.0. The van der Waals surface area contributed by atoms with Gasteiger partial charge in [-0.15, -0.1) is 24.0 Å². The van der Waals surface area contributed by atoms with Crippen molar-refractivity contribution in [2.45, 2.75) is 52.5 Å². The lowest BCUT2D eigenvalue weighted by Gasteiger charge is -2.18. The van der Waals surface area contributed by atoms with Gasteiger partial charge in [0.05, 0.1) is 6.54 Å². The molecule has 1 saturated carbocycles. The highest BCUT2D eigenvalue weighted by atomic mass is 127. The van der Waals surface area contributed by atoms with Crippen LogP contribution in [0.2, 0.25) is 0 Å². The molecule has 1 aliphatic carbocycles. The normalized spacial score (nSPS) is 14.7. The number of nitrogens with one attached hydrogen (secondary N) is 1. The molecule has 0 radical (unpaired) electrons. The number of guanidine groups is 1. The maximum atomic E-state index is 6.09. The van der Waals surface area contributed by atoms with E-state index >= 15 is 0 Å². The third-order valence-electron chi connectivity index (χ3n) is 4.39. The maximum Gasteiger partial charge on any atom is 0.193 e. The molecular weight excluding hydrogens is 399 g/mol. The van der Waals surface area contributed by atoms with Gasteiger partial charge in [0, 0.05) is 18.3 Å². The fourth-order valence-corrected chi connectivity index (χ4v) is 2.91. The number of likely N-dealkylation sites (N-methyl/N-ethyl adjacent to an activating group) is 1. The minimum Gasteiger partial charge on any atom is -0.370 e. The highest BCUT2D eigenvalue weighted by Gasteiger charge is 2.27. The number of anilines is 1. The number of benzene rings is 1. The van der Waals surface area contributed by atoms with Crippen LogP contribution in [0.3, 0.4) is 0 Å². The van der Waals surface area contributed by atoms with Crippen molar-refractivity contribution in [1.82, 2.24) is 4.90 Å². The minimum absolute atomic E-state index is 0. The minimum atomic E-state index is 0. The number of para-hydroxylation sites is 1. The molecule has 0 spiro atoms. The maximum absolute atomic E-state index is 6.09. The van der Waals surface area contributed by atoms with Crippen molar-refractivity contribution in [2.24, 2.45) is 10.7 Å². The Balaban J connectivity index is 0.00000264. The average molecular weight is 430 g/mol. The van der Waals surface area contributed by atoms with Gasteiger partial charge in [-0.2, -0.15) is 0 Å². The van der Waals surface area contributed by atoms with E-state index < -0.39 is 0 Å². The number of aliphatic imine (C=N–C) groups is 1. The number of nitrogens with zero attached hydrogens (tertiary/aromatic N) is 2. The molecule has 2 rings (SSSR count). The monoisotopic (exact) mass is 430 g/mol. The van der Waals surface area contributed by atoms with Crippen LogP contribution < -0.4 is 11.1 Å². The van der Waals surface area contributed by atoms with E-state index in [1.807, 2.05) is 0 Å². The van der Waals surface area contributed by atoms with Crippen LogP contribution >= 0.6 is 24.0 Å². The number of hydrogen-bond acceptors (Lipinski definition) is 2. The lowest BCUT2D eigenvalue weighted by molar-refractivity contribution is 0.286. The molecule has 0 unspecified atom stereocenters. The second kappa shape index (κ2) is 10.1. The summed E-state index contributed by atoms with van der Waals surface area (Å²) in [5.74, 6) is 0.530. The number of rotatable bonds is 8. The van der Waals surface area contributed by atoms with E-state index in [1.54, 1.807) is 0 Å². The summed E-state index contributed by atoms with van der Waals surface area (Å²) >= 11 is 0. The Hall–Kier alpha value is -0.820. The summed E-state index contributed by atoms with van der Waals surface area (Å²) in [4.78, 5) is 7.00.